The predicted molar refractivity (Wildman–Crippen MR) is 124 cm³/mol. The Morgan fingerprint density at radius 1 is 1.06 bits per heavy atom. The largest absolute Gasteiger partial charge is 0.480 e. The van der Waals surface area contributed by atoms with Gasteiger partial charge >= 0.3 is 0 Å². The maximum atomic E-state index is 12.1. The van der Waals surface area contributed by atoms with Crippen molar-refractivity contribution in [3.05, 3.63) is 70.2 Å². The van der Waals surface area contributed by atoms with Crippen LogP contribution in [0.1, 0.15) is 12.0 Å². The molecule has 0 saturated carbocycles. The zero-order valence-electron chi connectivity index (χ0n) is 16.2. The normalized spacial score (nSPS) is 10.6. The third-order valence-electron chi connectivity index (χ3n) is 4.17. The van der Waals surface area contributed by atoms with Gasteiger partial charge in [-0.2, -0.15) is 5.10 Å². The highest BCUT2D eigenvalue weighted by Gasteiger charge is 2.12. The first-order chi connectivity index (χ1) is 15.0. The summed E-state index contributed by atoms with van der Waals surface area (Å²) in [5.41, 5.74) is 3.31. The Morgan fingerprint density at radius 2 is 1.87 bits per heavy atom. The van der Waals surface area contributed by atoms with Crippen molar-refractivity contribution in [3.63, 3.8) is 0 Å². The Kier molecular flexibility index (Phi) is 7.50. The van der Waals surface area contributed by atoms with Crippen LogP contribution >= 0.6 is 23.2 Å². The standard InChI is InChI=1S/C23H17Cl2N3O3/c1-2-12-31-20-11-10-15-6-3-4-7-16(15)17(20)14-26-28-22(30)13-21(29)27-19-9-5-8-18(24)23(19)25/h1,3-11,14H,12-13H2,(H,27,29)(H,28,30). The van der Waals surface area contributed by atoms with Crippen molar-refractivity contribution in [1.29, 1.82) is 0 Å². The van der Waals surface area contributed by atoms with Crippen LogP contribution in [-0.4, -0.2) is 24.6 Å². The summed E-state index contributed by atoms with van der Waals surface area (Å²) in [5, 5.41) is 8.86. The number of halogens is 2. The lowest BCUT2D eigenvalue weighted by Crippen LogP contribution is -2.24. The third kappa shape index (κ3) is 5.76. The van der Waals surface area contributed by atoms with E-state index in [0.29, 0.717) is 22.0 Å². The van der Waals surface area contributed by atoms with E-state index < -0.39 is 18.2 Å². The molecule has 0 radical (unpaired) electrons. The second-order valence-electron chi connectivity index (χ2n) is 6.31. The number of hydrogen-bond donors (Lipinski definition) is 2. The minimum atomic E-state index is -0.599. The van der Waals surface area contributed by atoms with Crippen LogP contribution in [0.15, 0.2) is 59.7 Å². The van der Waals surface area contributed by atoms with Gasteiger partial charge in [-0.15, -0.1) is 6.42 Å². The maximum absolute atomic E-state index is 12.1. The monoisotopic (exact) mass is 453 g/mol. The Labute approximate surface area is 189 Å². The topological polar surface area (TPSA) is 79.8 Å². The number of benzene rings is 3. The Balaban J connectivity index is 1.68. The van der Waals surface area contributed by atoms with Gasteiger partial charge in [-0.3, -0.25) is 9.59 Å². The fraction of sp³-hybridized carbons (Fsp3) is 0.0870. The first-order valence-corrected chi connectivity index (χ1v) is 9.89. The van der Waals surface area contributed by atoms with Gasteiger partial charge < -0.3 is 10.1 Å². The highest BCUT2D eigenvalue weighted by atomic mass is 35.5. The van der Waals surface area contributed by atoms with E-state index in [-0.39, 0.29) is 11.6 Å². The van der Waals surface area contributed by atoms with Crippen LogP contribution < -0.4 is 15.5 Å². The Morgan fingerprint density at radius 3 is 2.68 bits per heavy atom. The van der Waals surface area contributed by atoms with E-state index >= 15 is 0 Å². The van der Waals surface area contributed by atoms with Gasteiger partial charge in [0.05, 0.1) is 21.9 Å². The average Bonchev–Trinajstić information content (AvgIpc) is 2.76. The molecule has 2 amide bonds. The average molecular weight is 454 g/mol. The molecule has 0 aliphatic carbocycles. The van der Waals surface area contributed by atoms with Gasteiger partial charge in [0.25, 0.3) is 0 Å². The predicted octanol–water partition coefficient (Wildman–Crippen LogP) is 4.64. The lowest BCUT2D eigenvalue weighted by Gasteiger charge is -2.10. The molecule has 0 unspecified atom stereocenters. The van der Waals surface area contributed by atoms with Crippen molar-refractivity contribution in [3.8, 4) is 18.1 Å². The molecule has 0 atom stereocenters. The van der Waals surface area contributed by atoms with Crippen molar-refractivity contribution >= 4 is 57.7 Å². The number of anilines is 1. The second kappa shape index (κ2) is 10.5. The van der Waals surface area contributed by atoms with Gasteiger partial charge in [0, 0.05) is 5.56 Å². The maximum Gasteiger partial charge on any atom is 0.249 e. The van der Waals surface area contributed by atoms with Crippen molar-refractivity contribution in [2.24, 2.45) is 5.10 Å². The first kappa shape index (κ1) is 22.2. The summed E-state index contributed by atoms with van der Waals surface area (Å²) >= 11 is 11.9. The Hall–Kier alpha value is -3.53. The zero-order chi connectivity index (χ0) is 22.2. The molecule has 8 heteroatoms. The number of carbonyl (C=O) groups excluding carboxylic acids is 2. The van der Waals surface area contributed by atoms with Crippen LogP contribution in [0, 0.1) is 12.3 Å². The fourth-order valence-electron chi connectivity index (χ4n) is 2.80. The minimum Gasteiger partial charge on any atom is -0.480 e. The molecule has 0 aliphatic rings. The van der Waals surface area contributed by atoms with Crippen molar-refractivity contribution in [2.45, 2.75) is 6.42 Å². The summed E-state index contributed by atoms with van der Waals surface area (Å²) < 4.78 is 5.58. The molecule has 156 valence electrons. The zero-order valence-corrected chi connectivity index (χ0v) is 17.7. The van der Waals surface area contributed by atoms with Gasteiger partial charge in [0.1, 0.15) is 18.8 Å². The molecule has 0 spiro atoms. The number of carbonyl (C=O) groups is 2. The van der Waals surface area contributed by atoms with Crippen LogP contribution in [0.25, 0.3) is 10.8 Å². The summed E-state index contributed by atoms with van der Waals surface area (Å²) in [6, 6.07) is 16.2. The summed E-state index contributed by atoms with van der Waals surface area (Å²) in [5.74, 6) is 1.79. The molecule has 0 bridgehead atoms. The number of terminal acetylenes is 1. The van der Waals surface area contributed by atoms with Gasteiger partial charge in [-0.05, 0) is 29.0 Å². The molecular weight excluding hydrogens is 437 g/mol. The number of hydrazone groups is 1. The van der Waals surface area contributed by atoms with Crippen LogP contribution in [0.3, 0.4) is 0 Å². The third-order valence-corrected chi connectivity index (χ3v) is 4.99. The van der Waals surface area contributed by atoms with E-state index in [1.807, 2.05) is 30.3 Å². The molecule has 0 aromatic heterocycles. The fourth-order valence-corrected chi connectivity index (χ4v) is 3.15. The van der Waals surface area contributed by atoms with Crippen LogP contribution in [0.4, 0.5) is 5.69 Å². The minimum absolute atomic E-state index is 0.0950. The molecule has 0 aliphatic heterocycles. The number of ether oxygens (including phenoxy) is 1. The summed E-state index contributed by atoms with van der Waals surface area (Å²) in [7, 11) is 0. The molecule has 3 rings (SSSR count). The number of fused-ring (bicyclic) bond motifs is 1. The summed E-state index contributed by atoms with van der Waals surface area (Å²) in [6.45, 7) is 0.0950. The van der Waals surface area contributed by atoms with Crippen LogP contribution in [0.2, 0.25) is 10.0 Å². The molecular formula is C23H17Cl2N3O3. The Bertz CT molecular complexity index is 1200. The quantitative estimate of drug-likeness (QED) is 0.236. The van der Waals surface area contributed by atoms with Crippen LogP contribution in [-0.2, 0) is 9.59 Å². The molecule has 0 heterocycles. The van der Waals surface area contributed by atoms with E-state index in [9.17, 15) is 9.59 Å². The molecule has 31 heavy (non-hydrogen) atoms. The smallest absolute Gasteiger partial charge is 0.249 e. The van der Waals surface area contributed by atoms with E-state index in [1.165, 1.54) is 6.21 Å². The lowest BCUT2D eigenvalue weighted by atomic mass is 10.0. The van der Waals surface area contributed by atoms with Gasteiger partial charge in [-0.1, -0.05) is 65.5 Å². The lowest BCUT2D eigenvalue weighted by molar-refractivity contribution is -0.126. The molecule has 0 saturated heterocycles. The van der Waals surface area contributed by atoms with Crippen molar-refractivity contribution in [2.75, 3.05) is 11.9 Å². The summed E-state index contributed by atoms with van der Waals surface area (Å²) in [6.07, 6.45) is 6.29. The van der Waals surface area contributed by atoms with Gasteiger partial charge in [0.2, 0.25) is 11.8 Å². The molecule has 6 nitrogen and oxygen atoms in total. The van der Waals surface area contributed by atoms with E-state index in [0.717, 1.165) is 10.8 Å². The van der Waals surface area contributed by atoms with Crippen molar-refractivity contribution < 1.29 is 14.3 Å². The van der Waals surface area contributed by atoms with Gasteiger partial charge in [0.15, 0.2) is 0 Å². The molecule has 2 N–H and O–H groups in total. The number of nitrogens with zero attached hydrogens (tertiary/aromatic N) is 1. The first-order valence-electron chi connectivity index (χ1n) is 9.13. The molecule has 3 aromatic rings. The number of rotatable bonds is 7. The van der Waals surface area contributed by atoms with E-state index in [4.69, 9.17) is 34.4 Å². The second-order valence-corrected chi connectivity index (χ2v) is 7.10. The number of amides is 2. The number of hydrogen-bond acceptors (Lipinski definition) is 4. The molecule has 3 aromatic carbocycles. The van der Waals surface area contributed by atoms with E-state index in [1.54, 1.807) is 24.3 Å². The SMILES string of the molecule is C#CCOc1ccc2ccccc2c1C=NNC(=O)CC(=O)Nc1cccc(Cl)c1Cl. The number of nitrogens with one attached hydrogen (secondary N) is 2. The van der Waals surface area contributed by atoms with Crippen molar-refractivity contribution in [1.82, 2.24) is 5.43 Å². The van der Waals surface area contributed by atoms with E-state index in [2.05, 4.69) is 21.8 Å². The highest BCUT2D eigenvalue weighted by Crippen LogP contribution is 2.29. The molecule has 0 fully saturated rings. The highest BCUT2D eigenvalue weighted by molar-refractivity contribution is 6.44. The summed E-state index contributed by atoms with van der Waals surface area (Å²) in [4.78, 5) is 24.2. The van der Waals surface area contributed by atoms with Gasteiger partial charge in [-0.25, -0.2) is 5.43 Å². The van der Waals surface area contributed by atoms with Crippen LogP contribution in [0.5, 0.6) is 5.75 Å².